The van der Waals surface area contributed by atoms with Crippen LogP contribution in [0.2, 0.25) is 0 Å². The summed E-state index contributed by atoms with van der Waals surface area (Å²) in [5.74, 6) is 0.363. The normalized spacial score (nSPS) is 15.4. The fourth-order valence-electron chi connectivity index (χ4n) is 3.25. The summed E-state index contributed by atoms with van der Waals surface area (Å²) in [6, 6.07) is 18.1. The van der Waals surface area contributed by atoms with E-state index < -0.39 is 6.10 Å². The molecule has 0 aromatic heterocycles. The Morgan fingerprint density at radius 3 is 2.36 bits per heavy atom. The summed E-state index contributed by atoms with van der Waals surface area (Å²) < 4.78 is 5.70. The molecule has 28 heavy (non-hydrogen) atoms. The van der Waals surface area contributed by atoms with Crippen molar-refractivity contribution >= 4 is 17.5 Å². The molecular formula is C22H23N3O3. The van der Waals surface area contributed by atoms with Crippen LogP contribution in [0.5, 0.6) is 5.75 Å². The fourth-order valence-corrected chi connectivity index (χ4v) is 3.25. The molecule has 6 nitrogen and oxygen atoms in total. The zero-order valence-corrected chi connectivity index (χ0v) is 15.8. The summed E-state index contributed by atoms with van der Waals surface area (Å²) in [5, 5.41) is 11.8. The highest BCUT2D eigenvalue weighted by molar-refractivity contribution is 5.92. The van der Waals surface area contributed by atoms with Crippen molar-refractivity contribution in [2.45, 2.75) is 25.9 Å². The summed E-state index contributed by atoms with van der Waals surface area (Å²) in [4.78, 5) is 26.8. The van der Waals surface area contributed by atoms with Gasteiger partial charge in [0.15, 0.2) is 6.10 Å². The first-order valence-corrected chi connectivity index (χ1v) is 9.38. The number of piperidine rings is 1. The molecule has 1 heterocycles. The van der Waals surface area contributed by atoms with Gasteiger partial charge in [-0.25, -0.2) is 0 Å². The molecule has 1 saturated heterocycles. The molecular weight excluding hydrogens is 354 g/mol. The number of anilines is 1. The molecule has 1 N–H and O–H groups in total. The molecule has 1 aliphatic rings. The number of nitriles is 1. The average molecular weight is 377 g/mol. The molecule has 2 amide bonds. The SMILES string of the molecule is C[C@@H](Oc1ccc(C#N)cc1)C(=O)N1CCC(C(=O)Nc2ccccc2)CC1. The Labute approximate surface area is 164 Å². The Morgan fingerprint density at radius 2 is 1.75 bits per heavy atom. The molecule has 1 fully saturated rings. The number of nitrogens with zero attached hydrogens (tertiary/aromatic N) is 2. The summed E-state index contributed by atoms with van der Waals surface area (Å²) in [5.41, 5.74) is 1.33. The van der Waals surface area contributed by atoms with Gasteiger partial charge in [0, 0.05) is 24.7 Å². The first-order chi connectivity index (χ1) is 13.6. The molecule has 2 aromatic carbocycles. The smallest absolute Gasteiger partial charge is 0.263 e. The molecule has 0 aliphatic carbocycles. The van der Waals surface area contributed by atoms with E-state index in [1.807, 2.05) is 36.4 Å². The second-order valence-corrected chi connectivity index (χ2v) is 6.85. The van der Waals surface area contributed by atoms with Gasteiger partial charge in [0.05, 0.1) is 11.6 Å². The lowest BCUT2D eigenvalue weighted by atomic mass is 9.95. The van der Waals surface area contributed by atoms with Crippen molar-refractivity contribution in [2.75, 3.05) is 18.4 Å². The van der Waals surface area contributed by atoms with Crippen LogP contribution in [0.15, 0.2) is 54.6 Å². The summed E-state index contributed by atoms with van der Waals surface area (Å²) in [6.07, 6.45) is 0.643. The van der Waals surface area contributed by atoms with Gasteiger partial charge >= 0.3 is 0 Å². The Hall–Kier alpha value is -3.33. The number of amides is 2. The Bertz CT molecular complexity index is 851. The van der Waals surface area contributed by atoms with Crippen LogP contribution in [0.3, 0.4) is 0 Å². The number of rotatable bonds is 5. The lowest BCUT2D eigenvalue weighted by molar-refractivity contribution is -0.140. The van der Waals surface area contributed by atoms with Crippen LogP contribution in [0.25, 0.3) is 0 Å². The van der Waals surface area contributed by atoms with Gasteiger partial charge in [-0.2, -0.15) is 5.26 Å². The summed E-state index contributed by atoms with van der Waals surface area (Å²) in [7, 11) is 0. The number of ether oxygens (including phenoxy) is 1. The van der Waals surface area contributed by atoms with Gasteiger partial charge in [0.25, 0.3) is 5.91 Å². The highest BCUT2D eigenvalue weighted by atomic mass is 16.5. The second kappa shape index (κ2) is 9.05. The number of benzene rings is 2. The number of likely N-dealkylation sites (tertiary alicyclic amines) is 1. The number of carbonyl (C=O) groups excluding carboxylic acids is 2. The van der Waals surface area contributed by atoms with E-state index in [1.165, 1.54) is 0 Å². The molecule has 0 spiro atoms. The molecule has 0 bridgehead atoms. The zero-order chi connectivity index (χ0) is 19.9. The molecule has 0 radical (unpaired) electrons. The van der Waals surface area contributed by atoms with Gasteiger partial charge in [-0.1, -0.05) is 18.2 Å². The Kier molecular flexibility index (Phi) is 6.28. The van der Waals surface area contributed by atoms with Gasteiger partial charge in [-0.05, 0) is 56.2 Å². The van der Waals surface area contributed by atoms with Crippen molar-refractivity contribution in [1.82, 2.24) is 4.90 Å². The van der Waals surface area contributed by atoms with E-state index in [1.54, 1.807) is 36.1 Å². The van der Waals surface area contributed by atoms with Crippen molar-refractivity contribution in [1.29, 1.82) is 5.26 Å². The van der Waals surface area contributed by atoms with Gasteiger partial charge < -0.3 is 15.0 Å². The standard InChI is InChI=1S/C22H23N3O3/c1-16(28-20-9-7-17(15-23)8-10-20)22(27)25-13-11-18(12-14-25)21(26)24-19-5-3-2-4-6-19/h2-10,16,18H,11-14H2,1H3,(H,24,26)/t16-/m1/s1. The maximum absolute atomic E-state index is 12.6. The van der Waals surface area contributed by atoms with Crippen molar-refractivity contribution in [3.63, 3.8) is 0 Å². The zero-order valence-electron chi connectivity index (χ0n) is 15.8. The van der Waals surface area contributed by atoms with Crippen molar-refractivity contribution < 1.29 is 14.3 Å². The van der Waals surface area contributed by atoms with Gasteiger partial charge in [-0.3, -0.25) is 9.59 Å². The van der Waals surface area contributed by atoms with E-state index in [2.05, 4.69) is 5.32 Å². The number of hydrogen-bond acceptors (Lipinski definition) is 4. The third-order valence-corrected chi connectivity index (χ3v) is 4.86. The summed E-state index contributed by atoms with van der Waals surface area (Å²) in [6.45, 7) is 2.79. The minimum Gasteiger partial charge on any atom is -0.481 e. The highest BCUT2D eigenvalue weighted by Gasteiger charge is 2.30. The minimum absolute atomic E-state index is 0.000167. The van der Waals surface area contributed by atoms with Crippen molar-refractivity contribution in [3.8, 4) is 11.8 Å². The van der Waals surface area contributed by atoms with E-state index in [0.717, 1.165) is 5.69 Å². The first kappa shape index (κ1) is 19.4. The highest BCUT2D eigenvalue weighted by Crippen LogP contribution is 2.21. The van der Waals surface area contributed by atoms with Crippen LogP contribution in [-0.4, -0.2) is 35.9 Å². The number of nitrogens with one attached hydrogen (secondary N) is 1. The van der Waals surface area contributed by atoms with Crippen LogP contribution in [-0.2, 0) is 9.59 Å². The molecule has 1 atom stereocenters. The second-order valence-electron chi connectivity index (χ2n) is 6.85. The minimum atomic E-state index is -0.623. The molecule has 144 valence electrons. The molecule has 3 rings (SSSR count). The third-order valence-electron chi connectivity index (χ3n) is 4.86. The quantitative estimate of drug-likeness (QED) is 0.867. The predicted molar refractivity (Wildman–Crippen MR) is 106 cm³/mol. The van der Waals surface area contributed by atoms with Crippen LogP contribution in [0.1, 0.15) is 25.3 Å². The van der Waals surface area contributed by atoms with E-state index >= 15 is 0 Å². The topological polar surface area (TPSA) is 82.4 Å². The van der Waals surface area contributed by atoms with Crippen molar-refractivity contribution in [3.05, 3.63) is 60.2 Å². The van der Waals surface area contributed by atoms with E-state index in [-0.39, 0.29) is 17.7 Å². The summed E-state index contributed by atoms with van der Waals surface area (Å²) >= 11 is 0. The monoisotopic (exact) mass is 377 g/mol. The average Bonchev–Trinajstić information content (AvgIpc) is 2.74. The van der Waals surface area contributed by atoms with Crippen molar-refractivity contribution in [2.24, 2.45) is 5.92 Å². The van der Waals surface area contributed by atoms with Crippen LogP contribution < -0.4 is 10.1 Å². The number of hydrogen-bond donors (Lipinski definition) is 1. The molecule has 2 aromatic rings. The molecule has 6 heteroatoms. The first-order valence-electron chi connectivity index (χ1n) is 9.38. The fraction of sp³-hybridized carbons (Fsp3) is 0.318. The lowest BCUT2D eigenvalue weighted by Crippen LogP contribution is -2.46. The Morgan fingerprint density at radius 1 is 1.11 bits per heavy atom. The maximum atomic E-state index is 12.6. The Balaban J connectivity index is 1.48. The van der Waals surface area contributed by atoms with Gasteiger partial charge in [0.2, 0.25) is 5.91 Å². The molecule has 1 aliphatic heterocycles. The molecule has 0 saturated carbocycles. The van der Waals surface area contributed by atoms with Crippen LogP contribution >= 0.6 is 0 Å². The number of para-hydroxylation sites is 1. The largest absolute Gasteiger partial charge is 0.481 e. The van der Waals surface area contributed by atoms with Gasteiger partial charge in [-0.15, -0.1) is 0 Å². The third kappa shape index (κ3) is 4.89. The van der Waals surface area contributed by atoms with E-state index in [0.29, 0.717) is 37.2 Å². The maximum Gasteiger partial charge on any atom is 0.263 e. The van der Waals surface area contributed by atoms with E-state index in [9.17, 15) is 9.59 Å². The van der Waals surface area contributed by atoms with Gasteiger partial charge in [0.1, 0.15) is 5.75 Å². The lowest BCUT2D eigenvalue weighted by Gasteiger charge is -2.33. The number of carbonyl (C=O) groups is 2. The van der Waals surface area contributed by atoms with Crippen LogP contribution in [0, 0.1) is 17.2 Å². The predicted octanol–water partition coefficient (Wildman–Crippen LogP) is 3.20. The molecule has 0 unspecified atom stereocenters. The van der Waals surface area contributed by atoms with Crippen LogP contribution in [0.4, 0.5) is 5.69 Å². The van der Waals surface area contributed by atoms with E-state index in [4.69, 9.17) is 10.00 Å².